The summed E-state index contributed by atoms with van der Waals surface area (Å²) in [6.07, 6.45) is 1.28. The minimum atomic E-state index is -0.643. The zero-order valence-corrected chi connectivity index (χ0v) is 10.6. The predicted octanol–water partition coefficient (Wildman–Crippen LogP) is 0.897. The summed E-state index contributed by atoms with van der Waals surface area (Å²) in [6, 6.07) is 7.61. The van der Waals surface area contributed by atoms with Crippen LogP contribution in [0.15, 0.2) is 24.3 Å². The van der Waals surface area contributed by atoms with Crippen molar-refractivity contribution in [1.82, 2.24) is 10.6 Å². The Labute approximate surface area is 107 Å². The van der Waals surface area contributed by atoms with E-state index in [4.69, 9.17) is 0 Å². The van der Waals surface area contributed by atoms with Gasteiger partial charge in [-0.3, -0.25) is 4.79 Å². The maximum absolute atomic E-state index is 11.8. The van der Waals surface area contributed by atoms with Crippen molar-refractivity contribution in [3.63, 3.8) is 0 Å². The molecule has 4 nitrogen and oxygen atoms in total. The van der Waals surface area contributed by atoms with E-state index < -0.39 is 6.10 Å². The van der Waals surface area contributed by atoms with Crippen LogP contribution in [-0.2, 0) is 4.79 Å². The van der Waals surface area contributed by atoms with Crippen LogP contribution in [0.25, 0.3) is 0 Å². The van der Waals surface area contributed by atoms with Gasteiger partial charge >= 0.3 is 0 Å². The maximum Gasteiger partial charge on any atom is 0.237 e. The largest absolute Gasteiger partial charge is 0.387 e. The smallest absolute Gasteiger partial charge is 0.237 e. The second-order valence-electron chi connectivity index (χ2n) is 4.82. The Morgan fingerprint density at radius 2 is 2.44 bits per heavy atom. The molecule has 1 aromatic carbocycles. The molecule has 0 radical (unpaired) electrons. The molecular formula is C14H20N2O2. The fraction of sp³-hybridized carbons (Fsp3) is 0.500. The second kappa shape index (κ2) is 5.98. The number of nitrogens with one attached hydrogen (secondary N) is 2. The minimum absolute atomic E-state index is 0.0146. The van der Waals surface area contributed by atoms with E-state index >= 15 is 0 Å². The molecule has 1 amide bonds. The first-order valence-electron chi connectivity index (χ1n) is 6.42. The van der Waals surface area contributed by atoms with Crippen LogP contribution in [0, 0.1) is 6.92 Å². The summed E-state index contributed by atoms with van der Waals surface area (Å²) in [5, 5.41) is 15.9. The minimum Gasteiger partial charge on any atom is -0.387 e. The average Bonchev–Trinajstić information content (AvgIpc) is 2.89. The molecule has 3 N–H and O–H groups in total. The third-order valence-electron chi connectivity index (χ3n) is 3.27. The lowest BCUT2D eigenvalue weighted by molar-refractivity contribution is -0.123. The van der Waals surface area contributed by atoms with Crippen molar-refractivity contribution in [2.75, 3.05) is 13.1 Å². The lowest BCUT2D eigenvalue weighted by atomic mass is 10.1. The van der Waals surface area contributed by atoms with E-state index in [0.717, 1.165) is 30.5 Å². The van der Waals surface area contributed by atoms with E-state index in [2.05, 4.69) is 10.6 Å². The summed E-state index contributed by atoms with van der Waals surface area (Å²) in [4.78, 5) is 11.8. The van der Waals surface area contributed by atoms with Crippen molar-refractivity contribution >= 4 is 5.91 Å². The Hall–Kier alpha value is -1.39. The average molecular weight is 248 g/mol. The number of aryl methyl sites for hydroxylation is 1. The summed E-state index contributed by atoms with van der Waals surface area (Å²) < 4.78 is 0. The van der Waals surface area contributed by atoms with E-state index in [1.807, 2.05) is 31.2 Å². The molecule has 2 rings (SSSR count). The van der Waals surface area contributed by atoms with E-state index in [0.29, 0.717) is 0 Å². The Kier molecular flexibility index (Phi) is 4.33. The number of aliphatic hydroxyl groups is 1. The number of hydrogen-bond acceptors (Lipinski definition) is 3. The van der Waals surface area contributed by atoms with Gasteiger partial charge in [0.25, 0.3) is 0 Å². The summed E-state index contributed by atoms with van der Waals surface area (Å²) >= 11 is 0. The fourth-order valence-electron chi connectivity index (χ4n) is 2.22. The zero-order valence-electron chi connectivity index (χ0n) is 10.6. The first-order valence-corrected chi connectivity index (χ1v) is 6.42. The molecule has 1 aliphatic rings. The quantitative estimate of drug-likeness (QED) is 0.742. The van der Waals surface area contributed by atoms with Gasteiger partial charge in [-0.2, -0.15) is 0 Å². The molecule has 18 heavy (non-hydrogen) atoms. The van der Waals surface area contributed by atoms with Crippen LogP contribution in [0.5, 0.6) is 0 Å². The van der Waals surface area contributed by atoms with Crippen LogP contribution in [0.1, 0.15) is 30.1 Å². The first kappa shape index (κ1) is 13.1. The molecule has 98 valence electrons. The van der Waals surface area contributed by atoms with E-state index in [9.17, 15) is 9.90 Å². The van der Waals surface area contributed by atoms with Crippen molar-refractivity contribution in [1.29, 1.82) is 0 Å². The number of aliphatic hydroxyl groups excluding tert-OH is 1. The van der Waals surface area contributed by atoms with Crippen LogP contribution in [0.3, 0.4) is 0 Å². The summed E-state index contributed by atoms with van der Waals surface area (Å²) in [5.74, 6) is -0.0146. The standard InChI is InChI=1S/C14H20N2O2/c1-10-4-2-5-11(8-10)13(17)9-16-14(18)12-6-3-7-15-12/h2,4-5,8,12-13,15,17H,3,6-7,9H2,1H3,(H,16,18). The van der Waals surface area contributed by atoms with Crippen molar-refractivity contribution in [3.8, 4) is 0 Å². The molecule has 0 bridgehead atoms. The third-order valence-corrected chi connectivity index (χ3v) is 3.27. The SMILES string of the molecule is Cc1cccc(C(O)CNC(=O)C2CCCN2)c1. The number of hydrogen-bond donors (Lipinski definition) is 3. The Morgan fingerprint density at radius 1 is 1.61 bits per heavy atom. The maximum atomic E-state index is 11.8. The Bertz CT molecular complexity index is 414. The Morgan fingerprint density at radius 3 is 3.11 bits per heavy atom. The first-order chi connectivity index (χ1) is 8.66. The number of amides is 1. The number of rotatable bonds is 4. The van der Waals surface area contributed by atoms with Crippen molar-refractivity contribution in [3.05, 3.63) is 35.4 Å². The molecule has 0 aromatic heterocycles. The van der Waals surface area contributed by atoms with Gasteiger partial charge in [-0.05, 0) is 31.9 Å². The van der Waals surface area contributed by atoms with Gasteiger partial charge < -0.3 is 15.7 Å². The molecule has 4 heteroatoms. The van der Waals surface area contributed by atoms with Crippen LogP contribution >= 0.6 is 0 Å². The highest BCUT2D eigenvalue weighted by atomic mass is 16.3. The molecule has 2 atom stereocenters. The van der Waals surface area contributed by atoms with E-state index in [1.54, 1.807) is 0 Å². The van der Waals surface area contributed by atoms with Gasteiger partial charge in [-0.1, -0.05) is 29.8 Å². The molecular weight excluding hydrogens is 228 g/mol. The lowest BCUT2D eigenvalue weighted by Crippen LogP contribution is -2.41. The number of benzene rings is 1. The van der Waals surface area contributed by atoms with Gasteiger partial charge in [-0.25, -0.2) is 0 Å². The second-order valence-corrected chi connectivity index (χ2v) is 4.82. The summed E-state index contributed by atoms with van der Waals surface area (Å²) in [6.45, 7) is 3.15. The van der Waals surface area contributed by atoms with Gasteiger partial charge in [0, 0.05) is 6.54 Å². The van der Waals surface area contributed by atoms with Crippen molar-refractivity contribution < 1.29 is 9.90 Å². The zero-order chi connectivity index (χ0) is 13.0. The summed E-state index contributed by atoms with van der Waals surface area (Å²) in [7, 11) is 0. The molecule has 1 aromatic rings. The molecule has 0 saturated carbocycles. The van der Waals surface area contributed by atoms with Crippen LogP contribution in [0.4, 0.5) is 0 Å². The van der Waals surface area contributed by atoms with Gasteiger partial charge in [0.15, 0.2) is 0 Å². The van der Waals surface area contributed by atoms with Gasteiger partial charge in [0.05, 0.1) is 12.1 Å². The molecule has 0 spiro atoms. The van der Waals surface area contributed by atoms with Gasteiger partial charge in [-0.15, -0.1) is 0 Å². The predicted molar refractivity (Wildman–Crippen MR) is 70.2 cm³/mol. The van der Waals surface area contributed by atoms with Crippen molar-refractivity contribution in [2.45, 2.75) is 31.9 Å². The normalized spacial score (nSPS) is 20.7. The van der Waals surface area contributed by atoms with Crippen molar-refractivity contribution in [2.24, 2.45) is 0 Å². The number of carbonyl (C=O) groups excluding carboxylic acids is 1. The molecule has 0 aliphatic carbocycles. The molecule has 1 saturated heterocycles. The lowest BCUT2D eigenvalue weighted by Gasteiger charge is -2.15. The van der Waals surface area contributed by atoms with E-state index in [1.165, 1.54) is 0 Å². The molecule has 2 unspecified atom stereocenters. The van der Waals surface area contributed by atoms with Gasteiger partial charge in [0.2, 0.25) is 5.91 Å². The number of carbonyl (C=O) groups is 1. The van der Waals surface area contributed by atoms with Crippen LogP contribution < -0.4 is 10.6 Å². The highest BCUT2D eigenvalue weighted by Gasteiger charge is 2.22. The monoisotopic (exact) mass is 248 g/mol. The third kappa shape index (κ3) is 3.31. The van der Waals surface area contributed by atoms with Crippen LogP contribution in [0.2, 0.25) is 0 Å². The molecule has 1 heterocycles. The van der Waals surface area contributed by atoms with E-state index in [-0.39, 0.29) is 18.5 Å². The highest BCUT2D eigenvalue weighted by molar-refractivity contribution is 5.82. The molecule has 1 fully saturated rings. The highest BCUT2D eigenvalue weighted by Crippen LogP contribution is 2.13. The van der Waals surface area contributed by atoms with Gasteiger partial charge in [0.1, 0.15) is 0 Å². The summed E-state index contributed by atoms with van der Waals surface area (Å²) in [5.41, 5.74) is 1.95. The topological polar surface area (TPSA) is 61.4 Å². The van der Waals surface area contributed by atoms with Crippen LogP contribution in [-0.4, -0.2) is 30.1 Å². The fourth-order valence-corrected chi connectivity index (χ4v) is 2.22. The molecule has 1 aliphatic heterocycles. The Balaban J connectivity index is 1.84.